The van der Waals surface area contributed by atoms with Gasteiger partial charge in [0.2, 0.25) is 0 Å². The van der Waals surface area contributed by atoms with Crippen molar-refractivity contribution in [3.8, 4) is 0 Å². The second-order valence-electron chi connectivity index (χ2n) is 3.00. The topological polar surface area (TPSA) is 12.9 Å². The maximum atomic E-state index is 4.20. The third-order valence-corrected chi connectivity index (χ3v) is 3.89. The van der Waals surface area contributed by atoms with Gasteiger partial charge in [0, 0.05) is 11.1 Å². The SMILES string of the molecule is Brc1ncc(C2CCCC2)s1. The molecule has 1 fully saturated rings. The monoisotopic (exact) mass is 231 g/mol. The standard InChI is InChI=1S/C8H10BrNS/c9-8-10-5-7(11-8)6-3-1-2-4-6/h5-6H,1-4H2. The summed E-state index contributed by atoms with van der Waals surface area (Å²) in [5.74, 6) is 0.818. The van der Waals surface area contributed by atoms with Crippen molar-refractivity contribution in [3.05, 3.63) is 15.0 Å². The average Bonchev–Trinajstić information content (AvgIpc) is 2.55. The van der Waals surface area contributed by atoms with Crippen molar-refractivity contribution < 1.29 is 0 Å². The molecule has 1 aliphatic rings. The molecule has 1 aromatic rings. The number of halogens is 1. The normalized spacial score (nSPS) is 19.4. The van der Waals surface area contributed by atoms with E-state index >= 15 is 0 Å². The highest BCUT2D eigenvalue weighted by Gasteiger charge is 2.18. The molecule has 3 heteroatoms. The largest absolute Gasteiger partial charge is 0.237 e. The van der Waals surface area contributed by atoms with Gasteiger partial charge in [-0.15, -0.1) is 11.3 Å². The van der Waals surface area contributed by atoms with Gasteiger partial charge < -0.3 is 0 Å². The van der Waals surface area contributed by atoms with Crippen LogP contribution in [-0.2, 0) is 0 Å². The van der Waals surface area contributed by atoms with E-state index in [1.165, 1.54) is 30.6 Å². The molecule has 0 N–H and O–H groups in total. The number of rotatable bonds is 1. The average molecular weight is 232 g/mol. The summed E-state index contributed by atoms with van der Waals surface area (Å²) < 4.78 is 1.03. The lowest BCUT2D eigenvalue weighted by Gasteiger charge is -2.02. The van der Waals surface area contributed by atoms with Crippen LogP contribution >= 0.6 is 27.3 Å². The Balaban J connectivity index is 2.15. The minimum atomic E-state index is 0.818. The van der Waals surface area contributed by atoms with Crippen LogP contribution in [-0.4, -0.2) is 4.98 Å². The zero-order chi connectivity index (χ0) is 7.68. The first-order valence-electron chi connectivity index (χ1n) is 3.97. The number of hydrogen-bond acceptors (Lipinski definition) is 2. The smallest absolute Gasteiger partial charge is 0.159 e. The van der Waals surface area contributed by atoms with Gasteiger partial charge in [-0.25, -0.2) is 4.98 Å². The fourth-order valence-electron chi connectivity index (χ4n) is 1.66. The third-order valence-electron chi connectivity index (χ3n) is 2.25. The molecule has 0 aliphatic heterocycles. The highest BCUT2D eigenvalue weighted by molar-refractivity contribution is 9.11. The van der Waals surface area contributed by atoms with E-state index in [1.54, 1.807) is 11.3 Å². The highest BCUT2D eigenvalue weighted by Crippen LogP contribution is 2.37. The van der Waals surface area contributed by atoms with Crippen molar-refractivity contribution in [2.75, 3.05) is 0 Å². The number of aromatic nitrogens is 1. The van der Waals surface area contributed by atoms with Crippen LogP contribution in [0, 0.1) is 0 Å². The molecule has 0 bridgehead atoms. The molecule has 0 saturated heterocycles. The summed E-state index contributed by atoms with van der Waals surface area (Å²) in [5.41, 5.74) is 0. The minimum Gasteiger partial charge on any atom is -0.237 e. The molecular weight excluding hydrogens is 222 g/mol. The lowest BCUT2D eigenvalue weighted by Crippen LogP contribution is -1.85. The van der Waals surface area contributed by atoms with Gasteiger partial charge in [-0.05, 0) is 34.7 Å². The zero-order valence-electron chi connectivity index (χ0n) is 6.22. The lowest BCUT2D eigenvalue weighted by atomic mass is 10.1. The van der Waals surface area contributed by atoms with Crippen molar-refractivity contribution in [3.63, 3.8) is 0 Å². The number of hydrogen-bond donors (Lipinski definition) is 0. The maximum Gasteiger partial charge on any atom is 0.159 e. The van der Waals surface area contributed by atoms with Gasteiger partial charge in [0.1, 0.15) is 0 Å². The fraction of sp³-hybridized carbons (Fsp3) is 0.625. The summed E-state index contributed by atoms with van der Waals surface area (Å²) >= 11 is 5.18. The van der Waals surface area contributed by atoms with Gasteiger partial charge >= 0.3 is 0 Å². The molecular formula is C8H10BrNS. The van der Waals surface area contributed by atoms with Crippen LogP contribution in [0.3, 0.4) is 0 Å². The Morgan fingerprint density at radius 2 is 2.18 bits per heavy atom. The molecule has 0 spiro atoms. The van der Waals surface area contributed by atoms with Crippen LogP contribution in [0.5, 0.6) is 0 Å². The Morgan fingerprint density at radius 3 is 2.73 bits per heavy atom. The molecule has 0 radical (unpaired) electrons. The summed E-state index contributed by atoms with van der Waals surface area (Å²) in [4.78, 5) is 5.66. The van der Waals surface area contributed by atoms with Gasteiger partial charge in [-0.1, -0.05) is 12.8 Å². The lowest BCUT2D eigenvalue weighted by molar-refractivity contribution is 0.736. The quantitative estimate of drug-likeness (QED) is 0.721. The van der Waals surface area contributed by atoms with Crippen LogP contribution in [0.4, 0.5) is 0 Å². The van der Waals surface area contributed by atoms with E-state index in [-0.39, 0.29) is 0 Å². The Labute approximate surface area is 79.0 Å². The van der Waals surface area contributed by atoms with E-state index in [0.29, 0.717) is 0 Å². The second-order valence-corrected chi connectivity index (χ2v) is 5.34. The Hall–Kier alpha value is 0.110. The zero-order valence-corrected chi connectivity index (χ0v) is 8.62. The summed E-state index contributed by atoms with van der Waals surface area (Å²) in [6.45, 7) is 0. The van der Waals surface area contributed by atoms with Crippen molar-refractivity contribution in [2.45, 2.75) is 31.6 Å². The Kier molecular flexibility index (Phi) is 2.28. The second kappa shape index (κ2) is 3.23. The first-order chi connectivity index (χ1) is 5.36. The summed E-state index contributed by atoms with van der Waals surface area (Å²) in [7, 11) is 0. The molecule has 0 unspecified atom stereocenters. The van der Waals surface area contributed by atoms with Crippen LogP contribution in [0.2, 0.25) is 0 Å². The molecule has 0 amide bonds. The molecule has 0 atom stereocenters. The molecule has 2 rings (SSSR count). The molecule has 1 aromatic heterocycles. The molecule has 1 saturated carbocycles. The summed E-state index contributed by atoms with van der Waals surface area (Å²) in [6, 6.07) is 0. The van der Waals surface area contributed by atoms with E-state index in [2.05, 4.69) is 20.9 Å². The van der Waals surface area contributed by atoms with E-state index in [1.807, 2.05) is 6.20 Å². The first kappa shape index (κ1) is 7.74. The number of thiazole rings is 1. The highest BCUT2D eigenvalue weighted by atomic mass is 79.9. The van der Waals surface area contributed by atoms with Gasteiger partial charge in [-0.3, -0.25) is 0 Å². The van der Waals surface area contributed by atoms with Gasteiger partial charge in [-0.2, -0.15) is 0 Å². The third kappa shape index (κ3) is 1.64. The Bertz CT molecular complexity index is 240. The predicted molar refractivity (Wildman–Crippen MR) is 51.0 cm³/mol. The van der Waals surface area contributed by atoms with Crippen molar-refractivity contribution in [1.29, 1.82) is 0 Å². The van der Waals surface area contributed by atoms with Crippen LogP contribution in [0.15, 0.2) is 10.1 Å². The summed E-state index contributed by atoms with van der Waals surface area (Å²) in [5, 5.41) is 0. The van der Waals surface area contributed by atoms with Gasteiger partial charge in [0.25, 0.3) is 0 Å². The van der Waals surface area contributed by atoms with Crippen LogP contribution < -0.4 is 0 Å². The predicted octanol–water partition coefficient (Wildman–Crippen LogP) is 3.56. The van der Waals surface area contributed by atoms with E-state index < -0.39 is 0 Å². The Morgan fingerprint density at radius 1 is 1.45 bits per heavy atom. The maximum absolute atomic E-state index is 4.20. The molecule has 0 aromatic carbocycles. The van der Waals surface area contributed by atoms with Crippen LogP contribution in [0.25, 0.3) is 0 Å². The van der Waals surface area contributed by atoms with Crippen LogP contribution in [0.1, 0.15) is 36.5 Å². The van der Waals surface area contributed by atoms with E-state index in [0.717, 1.165) is 9.83 Å². The van der Waals surface area contributed by atoms with Gasteiger partial charge in [0.15, 0.2) is 3.92 Å². The molecule has 11 heavy (non-hydrogen) atoms. The van der Waals surface area contributed by atoms with Crippen molar-refractivity contribution in [2.24, 2.45) is 0 Å². The molecule has 1 aliphatic carbocycles. The first-order valence-corrected chi connectivity index (χ1v) is 5.58. The van der Waals surface area contributed by atoms with Crippen molar-refractivity contribution in [1.82, 2.24) is 4.98 Å². The van der Waals surface area contributed by atoms with E-state index in [4.69, 9.17) is 0 Å². The molecule has 1 heterocycles. The minimum absolute atomic E-state index is 0.818. The number of nitrogens with zero attached hydrogens (tertiary/aromatic N) is 1. The van der Waals surface area contributed by atoms with E-state index in [9.17, 15) is 0 Å². The molecule has 60 valence electrons. The van der Waals surface area contributed by atoms with Gasteiger partial charge in [0.05, 0.1) is 0 Å². The van der Waals surface area contributed by atoms with Crippen molar-refractivity contribution >= 4 is 27.3 Å². The molecule has 1 nitrogen and oxygen atoms in total. The summed E-state index contributed by atoms with van der Waals surface area (Å²) in [6.07, 6.45) is 7.56. The fourth-order valence-corrected chi connectivity index (χ4v) is 3.13.